The maximum atomic E-state index is 12.9. The third kappa shape index (κ3) is 3.42. The highest BCUT2D eigenvalue weighted by Crippen LogP contribution is 2.25. The molecule has 0 saturated carbocycles. The monoisotopic (exact) mass is 405 g/mol. The Hall–Kier alpha value is -3.06. The Bertz CT molecular complexity index is 1210. The summed E-state index contributed by atoms with van der Waals surface area (Å²) in [5.74, 6) is 0.560. The van der Waals surface area contributed by atoms with Crippen molar-refractivity contribution in [2.45, 2.75) is 32.5 Å². The van der Waals surface area contributed by atoms with Gasteiger partial charge in [0, 0.05) is 11.1 Å². The van der Waals surface area contributed by atoms with Gasteiger partial charge in [0.2, 0.25) is 0 Å². The van der Waals surface area contributed by atoms with E-state index in [1.807, 2.05) is 54.1 Å². The summed E-state index contributed by atoms with van der Waals surface area (Å²) in [5.41, 5.74) is 5.87. The first kappa shape index (κ1) is 19.3. The highest BCUT2D eigenvalue weighted by atomic mass is 32.2. The maximum Gasteiger partial charge on any atom is 0.253 e. The molecular weight excluding hydrogens is 382 g/mol. The molecule has 2 aromatic heterocycles. The Morgan fingerprint density at radius 3 is 2.66 bits per heavy atom. The van der Waals surface area contributed by atoms with E-state index in [1.54, 1.807) is 0 Å². The van der Waals surface area contributed by atoms with Crippen molar-refractivity contribution in [1.29, 1.82) is 0 Å². The normalized spacial score (nSPS) is 11.2. The van der Waals surface area contributed by atoms with E-state index in [2.05, 4.69) is 40.4 Å². The predicted octanol–water partition coefficient (Wildman–Crippen LogP) is 4.33. The molecule has 0 saturated heterocycles. The molecule has 6 nitrogen and oxygen atoms in total. The van der Waals surface area contributed by atoms with Gasteiger partial charge in [-0.05, 0) is 50.3 Å². The molecule has 0 bridgehead atoms. The predicted molar refractivity (Wildman–Crippen MR) is 117 cm³/mol. The van der Waals surface area contributed by atoms with Crippen molar-refractivity contribution in [3.05, 3.63) is 70.7 Å². The molecule has 0 atom stereocenters. The van der Waals surface area contributed by atoms with Crippen molar-refractivity contribution in [3.8, 4) is 5.69 Å². The number of benzene rings is 2. The van der Waals surface area contributed by atoms with E-state index in [-0.39, 0.29) is 12.5 Å². The van der Waals surface area contributed by atoms with Crippen LogP contribution in [0.4, 0.5) is 0 Å². The Balaban J connectivity index is 1.64. The zero-order valence-corrected chi connectivity index (χ0v) is 17.7. The largest absolute Gasteiger partial charge is 0.358 e. The van der Waals surface area contributed by atoms with Crippen molar-refractivity contribution in [2.75, 3.05) is 6.26 Å². The molecule has 1 amide bonds. The second kappa shape index (κ2) is 7.75. The standard InChI is InChI=1S/C22H23N5OS/c1-13-8-5-6-11-18(13)27-19(25-26-22(27)29-4)12-23-21(28)17-10-7-9-16-14(2)15(3)24-20(16)17/h5-11,24H,12H2,1-4H3,(H,23,28). The first-order chi connectivity index (χ1) is 14.0. The van der Waals surface area contributed by atoms with Crippen LogP contribution in [0.1, 0.15) is 33.0 Å². The summed E-state index contributed by atoms with van der Waals surface area (Å²) in [6, 6.07) is 13.9. The van der Waals surface area contributed by atoms with Gasteiger partial charge >= 0.3 is 0 Å². The summed E-state index contributed by atoms with van der Waals surface area (Å²) in [6.07, 6.45) is 1.97. The van der Waals surface area contributed by atoms with E-state index in [4.69, 9.17) is 0 Å². The van der Waals surface area contributed by atoms with Gasteiger partial charge in [0.05, 0.1) is 23.3 Å². The number of hydrogen-bond acceptors (Lipinski definition) is 4. The summed E-state index contributed by atoms with van der Waals surface area (Å²) in [4.78, 5) is 16.3. The molecule has 0 fully saturated rings. The number of para-hydroxylation sites is 2. The van der Waals surface area contributed by atoms with Crippen LogP contribution in [-0.4, -0.2) is 31.9 Å². The van der Waals surface area contributed by atoms with E-state index >= 15 is 0 Å². The fourth-order valence-electron chi connectivity index (χ4n) is 3.53. The van der Waals surface area contributed by atoms with Gasteiger partial charge in [0.15, 0.2) is 11.0 Å². The molecule has 29 heavy (non-hydrogen) atoms. The zero-order valence-electron chi connectivity index (χ0n) is 16.9. The van der Waals surface area contributed by atoms with Gasteiger partial charge in [-0.1, -0.05) is 42.1 Å². The minimum absolute atomic E-state index is 0.137. The first-order valence-corrected chi connectivity index (χ1v) is 10.6. The van der Waals surface area contributed by atoms with Crippen LogP contribution in [0.2, 0.25) is 0 Å². The second-order valence-corrected chi connectivity index (χ2v) is 7.78. The average molecular weight is 406 g/mol. The molecule has 2 N–H and O–H groups in total. The quantitative estimate of drug-likeness (QED) is 0.485. The fraction of sp³-hybridized carbons (Fsp3) is 0.227. The van der Waals surface area contributed by atoms with E-state index in [0.717, 1.165) is 33.0 Å². The van der Waals surface area contributed by atoms with Gasteiger partial charge < -0.3 is 10.3 Å². The lowest BCUT2D eigenvalue weighted by molar-refractivity contribution is 0.0951. The smallest absolute Gasteiger partial charge is 0.253 e. The molecule has 7 heteroatoms. The third-order valence-corrected chi connectivity index (χ3v) is 5.86. The summed E-state index contributed by atoms with van der Waals surface area (Å²) in [5, 5.41) is 13.5. The number of amides is 1. The van der Waals surface area contributed by atoms with E-state index in [9.17, 15) is 4.79 Å². The van der Waals surface area contributed by atoms with Crippen LogP contribution in [0.3, 0.4) is 0 Å². The molecule has 0 aliphatic carbocycles. The molecule has 0 aliphatic heterocycles. The van der Waals surface area contributed by atoms with Crippen molar-refractivity contribution >= 4 is 28.6 Å². The minimum atomic E-state index is -0.137. The van der Waals surface area contributed by atoms with Gasteiger partial charge in [0.1, 0.15) is 0 Å². The van der Waals surface area contributed by atoms with E-state index in [1.165, 1.54) is 17.3 Å². The Labute approximate surface area is 173 Å². The molecule has 2 aromatic carbocycles. The molecule has 0 spiro atoms. The van der Waals surface area contributed by atoms with E-state index in [0.29, 0.717) is 11.4 Å². The fourth-order valence-corrected chi connectivity index (χ4v) is 4.04. The number of carbonyl (C=O) groups is 1. The van der Waals surface area contributed by atoms with Gasteiger partial charge in [-0.3, -0.25) is 9.36 Å². The van der Waals surface area contributed by atoms with Crippen LogP contribution in [0, 0.1) is 20.8 Å². The number of aryl methyl sites for hydroxylation is 3. The van der Waals surface area contributed by atoms with Gasteiger partial charge in [-0.15, -0.1) is 10.2 Å². The zero-order chi connectivity index (χ0) is 20.5. The van der Waals surface area contributed by atoms with Crippen molar-refractivity contribution in [1.82, 2.24) is 25.1 Å². The minimum Gasteiger partial charge on any atom is -0.358 e. The Kier molecular flexibility index (Phi) is 5.15. The first-order valence-electron chi connectivity index (χ1n) is 9.41. The van der Waals surface area contributed by atoms with Crippen LogP contribution in [-0.2, 0) is 6.54 Å². The molecule has 148 valence electrons. The van der Waals surface area contributed by atoms with Gasteiger partial charge in [-0.25, -0.2) is 0 Å². The van der Waals surface area contributed by atoms with E-state index < -0.39 is 0 Å². The number of hydrogen-bond donors (Lipinski definition) is 2. The number of fused-ring (bicyclic) bond motifs is 1. The highest BCUT2D eigenvalue weighted by Gasteiger charge is 2.18. The maximum absolute atomic E-state index is 12.9. The lowest BCUT2D eigenvalue weighted by Crippen LogP contribution is -2.25. The number of H-pyrrole nitrogens is 1. The number of carbonyl (C=O) groups excluding carboxylic acids is 1. The molecule has 0 unspecified atom stereocenters. The van der Waals surface area contributed by atoms with Crippen LogP contribution in [0.25, 0.3) is 16.6 Å². The number of aromatic amines is 1. The summed E-state index contributed by atoms with van der Waals surface area (Å²) in [6.45, 7) is 6.42. The molecule has 0 radical (unpaired) electrons. The topological polar surface area (TPSA) is 75.6 Å². The molecule has 4 aromatic rings. The number of thioether (sulfide) groups is 1. The molecule has 4 rings (SSSR count). The van der Waals surface area contributed by atoms with Crippen molar-refractivity contribution in [2.24, 2.45) is 0 Å². The van der Waals surface area contributed by atoms with Crippen molar-refractivity contribution in [3.63, 3.8) is 0 Å². The lowest BCUT2D eigenvalue weighted by atomic mass is 10.1. The molecule has 0 aliphatic rings. The van der Waals surface area contributed by atoms with Crippen LogP contribution in [0.15, 0.2) is 47.6 Å². The number of rotatable bonds is 5. The SMILES string of the molecule is CSc1nnc(CNC(=O)c2cccc3c(C)c(C)[nH]c23)n1-c1ccccc1C. The third-order valence-electron chi connectivity index (χ3n) is 5.23. The summed E-state index contributed by atoms with van der Waals surface area (Å²) >= 11 is 1.53. The summed E-state index contributed by atoms with van der Waals surface area (Å²) in [7, 11) is 0. The highest BCUT2D eigenvalue weighted by molar-refractivity contribution is 7.98. The van der Waals surface area contributed by atoms with Crippen LogP contribution in [0.5, 0.6) is 0 Å². The van der Waals surface area contributed by atoms with Crippen LogP contribution < -0.4 is 5.32 Å². The number of nitrogens with zero attached hydrogens (tertiary/aromatic N) is 3. The Morgan fingerprint density at radius 1 is 1.10 bits per heavy atom. The summed E-state index contributed by atoms with van der Waals surface area (Å²) < 4.78 is 2.00. The lowest BCUT2D eigenvalue weighted by Gasteiger charge is -2.12. The number of nitrogens with one attached hydrogen (secondary N) is 2. The molecule has 2 heterocycles. The van der Waals surface area contributed by atoms with Gasteiger partial charge in [-0.2, -0.15) is 0 Å². The van der Waals surface area contributed by atoms with Crippen molar-refractivity contribution < 1.29 is 4.79 Å². The van der Waals surface area contributed by atoms with Crippen LogP contribution >= 0.6 is 11.8 Å². The van der Waals surface area contributed by atoms with Gasteiger partial charge in [0.25, 0.3) is 5.91 Å². The molecular formula is C22H23N5OS. The average Bonchev–Trinajstić information content (AvgIpc) is 3.27. The Morgan fingerprint density at radius 2 is 1.90 bits per heavy atom. The second-order valence-electron chi connectivity index (χ2n) is 7.01. The number of aromatic nitrogens is 4.